The van der Waals surface area contributed by atoms with Gasteiger partial charge in [0.05, 0.1) is 30.0 Å². The Morgan fingerprint density at radius 3 is 1.81 bits per heavy atom. The van der Waals surface area contributed by atoms with Crippen LogP contribution in [-0.2, 0) is 19.2 Å². The van der Waals surface area contributed by atoms with Crippen molar-refractivity contribution in [1.82, 2.24) is 20.9 Å². The van der Waals surface area contributed by atoms with Gasteiger partial charge in [-0.3, -0.25) is 19.2 Å². The lowest BCUT2D eigenvalue weighted by Crippen LogP contribution is -2.82. The maximum absolute atomic E-state index is 12.6. The molecular weight excluding hydrogens is 519 g/mol. The average molecular weight is 562 g/mol. The van der Waals surface area contributed by atoms with Crippen molar-refractivity contribution in [2.75, 3.05) is 11.8 Å². The molecule has 0 spiro atoms. The number of hydrogen-bond donors (Lipinski definition) is 4. The smallest absolute Gasteiger partial charge is 0.253 e. The molecule has 8 atom stereocenters. The van der Waals surface area contributed by atoms with Gasteiger partial charge < -0.3 is 26.0 Å². The van der Waals surface area contributed by atoms with Crippen LogP contribution in [0, 0.1) is 29.6 Å². The van der Waals surface area contributed by atoms with E-state index in [1.807, 2.05) is 34.6 Å². The third-order valence-corrected chi connectivity index (χ3v) is 9.27. The van der Waals surface area contributed by atoms with Crippen LogP contribution in [-0.4, -0.2) is 80.7 Å². The minimum atomic E-state index is -1.15. The van der Waals surface area contributed by atoms with E-state index in [2.05, 4.69) is 29.8 Å². The highest BCUT2D eigenvalue weighted by atomic mass is 35.5. The molecule has 0 bridgehead atoms. The minimum absolute atomic E-state index is 0.00510. The van der Waals surface area contributed by atoms with Crippen molar-refractivity contribution in [3.8, 4) is 0 Å². The quantitative estimate of drug-likeness (QED) is 0.251. The highest BCUT2D eigenvalue weighted by molar-refractivity contribution is 6.18. The third-order valence-electron chi connectivity index (χ3n) is 8.84. The summed E-state index contributed by atoms with van der Waals surface area (Å²) in [6.07, 6.45) is 0.255. The number of β-lactam (4-membered cyclic amide) rings is 2. The largest absolute Gasteiger partial charge is 0.390 e. The highest BCUT2D eigenvalue weighted by Gasteiger charge is 2.73. The molecule has 37 heavy (non-hydrogen) atoms. The fourth-order valence-electron chi connectivity index (χ4n) is 6.54. The second kappa shape index (κ2) is 10.9. The van der Waals surface area contributed by atoms with Gasteiger partial charge >= 0.3 is 0 Å². The molecule has 4 heterocycles. The van der Waals surface area contributed by atoms with Crippen molar-refractivity contribution in [3.63, 3.8) is 0 Å². The van der Waals surface area contributed by atoms with E-state index in [9.17, 15) is 24.3 Å². The Morgan fingerprint density at radius 2 is 1.35 bits per heavy atom. The van der Waals surface area contributed by atoms with Gasteiger partial charge in [-0.25, -0.2) is 0 Å². The summed E-state index contributed by atoms with van der Waals surface area (Å²) in [5.74, 6) is 0.230. The summed E-state index contributed by atoms with van der Waals surface area (Å²) >= 11 is 11.5. The van der Waals surface area contributed by atoms with E-state index in [0.717, 1.165) is 0 Å². The molecule has 9 nitrogen and oxygen atoms in total. The number of nitrogens with one attached hydrogen (secondary N) is 3. The van der Waals surface area contributed by atoms with Crippen LogP contribution < -0.4 is 16.0 Å². The van der Waals surface area contributed by atoms with E-state index < -0.39 is 17.2 Å². The Balaban J connectivity index is 0.000000208. The molecule has 11 heteroatoms. The number of alkyl halides is 2. The average Bonchev–Trinajstić information content (AvgIpc) is 3.20. The standard InChI is InChI=1S/C14H23ClN2O3.C12H19ClN2O2/c1-7(2)11(18)14-10(17(8(3)4)13(14)20)9(5-6-15)12(19)16-14;1-6(2)7(3)12-9(14-11(12)17)8(4-5-13)10(16)15-12/h7-11,18H,5-6H2,1-4H3,(H,16,19);6-9H,4-5H2,1-3H3,(H,14,17)(H,15,16)/t9-,10+,11+,14+;7-,8+,9-,12+/m10/s1. The summed E-state index contributed by atoms with van der Waals surface area (Å²) in [6.45, 7) is 13.7. The van der Waals surface area contributed by atoms with Crippen molar-refractivity contribution >= 4 is 46.8 Å². The summed E-state index contributed by atoms with van der Waals surface area (Å²) in [5, 5.41) is 19.1. The summed E-state index contributed by atoms with van der Waals surface area (Å²) < 4.78 is 0. The first-order valence-corrected chi connectivity index (χ1v) is 14.4. The van der Waals surface area contributed by atoms with E-state index in [0.29, 0.717) is 30.5 Å². The number of aliphatic hydroxyl groups is 1. The van der Waals surface area contributed by atoms with Crippen LogP contribution in [0.3, 0.4) is 0 Å². The lowest BCUT2D eigenvalue weighted by molar-refractivity contribution is -0.178. The van der Waals surface area contributed by atoms with Crippen LogP contribution in [0.1, 0.15) is 61.3 Å². The predicted molar refractivity (Wildman–Crippen MR) is 142 cm³/mol. The third kappa shape index (κ3) is 4.42. The monoisotopic (exact) mass is 560 g/mol. The molecule has 0 radical (unpaired) electrons. The predicted octanol–water partition coefficient (Wildman–Crippen LogP) is 1.63. The van der Waals surface area contributed by atoms with Gasteiger partial charge in [-0.05, 0) is 44.4 Å². The summed E-state index contributed by atoms with van der Waals surface area (Å²) in [5.41, 5.74) is -1.84. The maximum atomic E-state index is 12.6. The number of halogens is 2. The zero-order chi connectivity index (χ0) is 28.0. The number of fused-ring (bicyclic) bond motifs is 2. The van der Waals surface area contributed by atoms with Crippen LogP contribution in [0.25, 0.3) is 0 Å². The van der Waals surface area contributed by atoms with Gasteiger partial charge in [-0.2, -0.15) is 0 Å². The molecule has 4 aliphatic heterocycles. The normalized spacial score (nSPS) is 35.6. The molecule has 0 aromatic heterocycles. The van der Waals surface area contributed by atoms with Crippen molar-refractivity contribution in [1.29, 1.82) is 0 Å². The Morgan fingerprint density at radius 1 is 0.838 bits per heavy atom. The first-order valence-electron chi connectivity index (χ1n) is 13.3. The minimum Gasteiger partial charge on any atom is -0.390 e. The van der Waals surface area contributed by atoms with Gasteiger partial charge in [0.15, 0.2) is 5.54 Å². The van der Waals surface area contributed by atoms with Crippen LogP contribution in [0.15, 0.2) is 0 Å². The summed E-state index contributed by atoms with van der Waals surface area (Å²) in [4.78, 5) is 50.3. The summed E-state index contributed by atoms with van der Waals surface area (Å²) in [6, 6.07) is -0.372. The zero-order valence-corrected chi connectivity index (χ0v) is 24.3. The molecule has 4 amide bonds. The number of likely N-dealkylation sites (tertiary alicyclic amines) is 1. The lowest BCUT2D eigenvalue weighted by atomic mass is 9.67. The number of aliphatic hydroxyl groups excluding tert-OH is 1. The zero-order valence-electron chi connectivity index (χ0n) is 22.8. The molecular formula is C26H42Cl2N4O5. The van der Waals surface area contributed by atoms with Gasteiger partial charge in [0, 0.05) is 17.8 Å². The number of carbonyl (C=O) groups excluding carboxylic acids is 4. The molecule has 0 unspecified atom stereocenters. The fourth-order valence-corrected chi connectivity index (χ4v) is 7.02. The van der Waals surface area contributed by atoms with Crippen LogP contribution in [0.5, 0.6) is 0 Å². The van der Waals surface area contributed by atoms with E-state index in [4.69, 9.17) is 23.2 Å². The Kier molecular flexibility index (Phi) is 8.82. The van der Waals surface area contributed by atoms with Crippen LogP contribution >= 0.6 is 23.2 Å². The first kappa shape index (κ1) is 30.0. The van der Waals surface area contributed by atoms with Crippen molar-refractivity contribution in [2.45, 2.75) is 96.6 Å². The van der Waals surface area contributed by atoms with E-state index >= 15 is 0 Å². The van der Waals surface area contributed by atoms with Gasteiger partial charge in [0.25, 0.3) is 5.91 Å². The van der Waals surface area contributed by atoms with Crippen molar-refractivity contribution in [3.05, 3.63) is 0 Å². The lowest BCUT2D eigenvalue weighted by Gasteiger charge is -2.57. The number of hydrogen-bond acceptors (Lipinski definition) is 5. The second-order valence-electron chi connectivity index (χ2n) is 11.8. The van der Waals surface area contributed by atoms with E-state index in [-0.39, 0.29) is 65.4 Å². The van der Waals surface area contributed by atoms with E-state index in [1.165, 1.54) is 0 Å². The Bertz CT molecular complexity index is 931. The Hall–Kier alpha value is -1.58. The number of carbonyl (C=O) groups is 4. The van der Waals surface area contributed by atoms with Gasteiger partial charge in [0.1, 0.15) is 5.54 Å². The van der Waals surface area contributed by atoms with Crippen molar-refractivity contribution < 1.29 is 24.3 Å². The molecule has 210 valence electrons. The molecule has 4 N–H and O–H groups in total. The second-order valence-corrected chi connectivity index (χ2v) is 12.6. The molecule has 4 saturated heterocycles. The Labute approximate surface area is 229 Å². The molecule has 0 aromatic rings. The fraction of sp³-hybridized carbons (Fsp3) is 0.846. The van der Waals surface area contributed by atoms with Gasteiger partial charge in [-0.1, -0.05) is 34.6 Å². The highest BCUT2D eigenvalue weighted by Crippen LogP contribution is 2.47. The van der Waals surface area contributed by atoms with Gasteiger partial charge in [-0.15, -0.1) is 23.2 Å². The van der Waals surface area contributed by atoms with Gasteiger partial charge in [0.2, 0.25) is 17.7 Å². The topological polar surface area (TPSA) is 128 Å². The molecule has 0 aliphatic carbocycles. The molecule has 0 saturated carbocycles. The molecule has 4 fully saturated rings. The molecule has 0 aromatic carbocycles. The molecule has 4 rings (SSSR count). The number of rotatable bonds is 9. The summed E-state index contributed by atoms with van der Waals surface area (Å²) in [7, 11) is 0. The SMILES string of the molecule is CC(C)[C@H](C)[C@@]12NC(=O)[C@H](CCCl)[C@@H]1NC2=O.CC(C)[C@H](O)[C@@]12NC(=O)[C@H](CCCl)[C@@H]1N(C(C)C)C2=O. The van der Waals surface area contributed by atoms with Crippen LogP contribution in [0.4, 0.5) is 0 Å². The number of nitrogens with zero attached hydrogens (tertiary/aromatic N) is 1. The van der Waals surface area contributed by atoms with Crippen molar-refractivity contribution in [2.24, 2.45) is 29.6 Å². The first-order chi connectivity index (χ1) is 17.2. The number of amides is 4. The molecule has 4 aliphatic rings. The maximum Gasteiger partial charge on any atom is 0.253 e. The van der Waals surface area contributed by atoms with E-state index in [1.54, 1.807) is 4.90 Å². The van der Waals surface area contributed by atoms with Crippen LogP contribution in [0.2, 0.25) is 0 Å².